The van der Waals surface area contributed by atoms with Gasteiger partial charge >= 0.3 is 0 Å². The molecule has 0 fully saturated rings. The van der Waals surface area contributed by atoms with E-state index in [1.165, 1.54) is 6.20 Å². The van der Waals surface area contributed by atoms with Crippen molar-refractivity contribution in [3.63, 3.8) is 0 Å². The number of aryl methyl sites for hydroxylation is 1. The molecule has 0 radical (unpaired) electrons. The second kappa shape index (κ2) is 6.19. The van der Waals surface area contributed by atoms with Gasteiger partial charge in [0, 0.05) is 6.54 Å². The Morgan fingerprint density at radius 1 is 1.53 bits per heavy atom. The predicted octanol–water partition coefficient (Wildman–Crippen LogP) is 0.712. The molecule has 0 aromatic carbocycles. The quantitative estimate of drug-likeness (QED) is 0.680. The molecule has 1 amide bonds. The molecule has 0 bridgehead atoms. The lowest BCUT2D eigenvalue weighted by atomic mass is 10.2. The number of hydrogen-bond donors (Lipinski definition) is 2. The van der Waals surface area contributed by atoms with Crippen LogP contribution in [0.1, 0.15) is 29.5 Å². The molecule has 1 heterocycles. The molecular formula is C10H17N3O2. The monoisotopic (exact) mass is 211 g/mol. The normalized spacial score (nSPS) is 10.3. The summed E-state index contributed by atoms with van der Waals surface area (Å²) in [6.45, 7) is 6.31. The Balaban J connectivity index is 2.22. The van der Waals surface area contributed by atoms with E-state index in [0.29, 0.717) is 17.9 Å². The largest absolute Gasteiger partial charge is 0.361 e. The molecule has 15 heavy (non-hydrogen) atoms. The van der Waals surface area contributed by atoms with E-state index in [2.05, 4.69) is 22.7 Å². The average molecular weight is 211 g/mol. The molecule has 5 heteroatoms. The highest BCUT2D eigenvalue weighted by Crippen LogP contribution is 2.04. The van der Waals surface area contributed by atoms with Crippen LogP contribution in [0.25, 0.3) is 0 Å². The Bertz CT molecular complexity index is 309. The van der Waals surface area contributed by atoms with Crippen molar-refractivity contribution in [2.24, 2.45) is 0 Å². The van der Waals surface area contributed by atoms with Crippen molar-refractivity contribution in [1.29, 1.82) is 0 Å². The van der Waals surface area contributed by atoms with Crippen LogP contribution in [0.5, 0.6) is 0 Å². The van der Waals surface area contributed by atoms with Gasteiger partial charge in [0.15, 0.2) is 0 Å². The number of rotatable bonds is 6. The highest BCUT2D eigenvalue weighted by molar-refractivity contribution is 5.94. The summed E-state index contributed by atoms with van der Waals surface area (Å²) in [5.74, 6) is 0.435. The fraction of sp³-hybridized carbons (Fsp3) is 0.600. The molecule has 84 valence electrons. The zero-order valence-corrected chi connectivity index (χ0v) is 9.17. The lowest BCUT2D eigenvalue weighted by Gasteiger charge is -2.03. The minimum absolute atomic E-state index is 0.120. The number of hydrogen-bond acceptors (Lipinski definition) is 4. The maximum atomic E-state index is 11.5. The van der Waals surface area contributed by atoms with Crippen LogP contribution in [0, 0.1) is 6.92 Å². The summed E-state index contributed by atoms with van der Waals surface area (Å²) < 4.78 is 4.81. The van der Waals surface area contributed by atoms with E-state index in [1.54, 1.807) is 6.92 Å². The first kappa shape index (κ1) is 11.7. The number of nitrogens with zero attached hydrogens (tertiary/aromatic N) is 1. The molecule has 5 nitrogen and oxygen atoms in total. The van der Waals surface area contributed by atoms with Crippen LogP contribution in [0.15, 0.2) is 10.7 Å². The minimum Gasteiger partial charge on any atom is -0.361 e. The van der Waals surface area contributed by atoms with Crippen LogP contribution in [-0.2, 0) is 0 Å². The van der Waals surface area contributed by atoms with Crippen LogP contribution in [0.4, 0.5) is 0 Å². The first-order valence-electron chi connectivity index (χ1n) is 5.16. The Morgan fingerprint density at radius 2 is 2.33 bits per heavy atom. The van der Waals surface area contributed by atoms with Gasteiger partial charge < -0.3 is 15.2 Å². The summed E-state index contributed by atoms with van der Waals surface area (Å²) in [5, 5.41) is 9.54. The molecular weight excluding hydrogens is 194 g/mol. The van der Waals surface area contributed by atoms with Crippen LogP contribution in [0.2, 0.25) is 0 Å². The number of amides is 1. The van der Waals surface area contributed by atoms with Crippen LogP contribution in [-0.4, -0.2) is 30.7 Å². The third-order valence-corrected chi connectivity index (χ3v) is 2.06. The van der Waals surface area contributed by atoms with Crippen LogP contribution in [0.3, 0.4) is 0 Å². The minimum atomic E-state index is -0.120. The molecule has 1 rings (SSSR count). The van der Waals surface area contributed by atoms with Gasteiger partial charge in [-0.2, -0.15) is 0 Å². The highest BCUT2D eigenvalue weighted by Gasteiger charge is 2.11. The summed E-state index contributed by atoms with van der Waals surface area (Å²) in [6, 6.07) is 0. The zero-order chi connectivity index (χ0) is 11.1. The van der Waals surface area contributed by atoms with Gasteiger partial charge in [0.25, 0.3) is 5.91 Å². The third-order valence-electron chi connectivity index (χ3n) is 2.06. The van der Waals surface area contributed by atoms with E-state index in [9.17, 15) is 4.79 Å². The maximum Gasteiger partial charge on any atom is 0.256 e. The van der Waals surface area contributed by atoms with Crippen molar-refractivity contribution < 1.29 is 9.32 Å². The first-order valence-corrected chi connectivity index (χ1v) is 5.16. The number of nitrogens with one attached hydrogen (secondary N) is 2. The van der Waals surface area contributed by atoms with E-state index in [4.69, 9.17) is 4.52 Å². The van der Waals surface area contributed by atoms with Gasteiger partial charge in [0.1, 0.15) is 11.3 Å². The predicted molar refractivity (Wildman–Crippen MR) is 56.7 cm³/mol. The van der Waals surface area contributed by atoms with Gasteiger partial charge in [-0.15, -0.1) is 0 Å². The van der Waals surface area contributed by atoms with Crippen molar-refractivity contribution >= 4 is 5.91 Å². The summed E-state index contributed by atoms with van der Waals surface area (Å²) in [7, 11) is 0. The van der Waals surface area contributed by atoms with Gasteiger partial charge in [0.05, 0.1) is 6.20 Å². The number of carbonyl (C=O) groups is 1. The lowest BCUT2D eigenvalue weighted by Crippen LogP contribution is -2.27. The van der Waals surface area contributed by atoms with Crippen molar-refractivity contribution in [3.05, 3.63) is 17.5 Å². The van der Waals surface area contributed by atoms with Gasteiger partial charge in [-0.1, -0.05) is 12.1 Å². The standard InChI is InChI=1S/C10H17N3O2/c1-3-11-5-4-6-12-10(14)9-7-13-15-8(9)2/h7,11H,3-6H2,1-2H3,(H,12,14). The summed E-state index contributed by atoms with van der Waals surface area (Å²) >= 11 is 0. The Kier molecular flexibility index (Phi) is 4.83. The maximum absolute atomic E-state index is 11.5. The smallest absolute Gasteiger partial charge is 0.256 e. The summed E-state index contributed by atoms with van der Waals surface area (Å²) in [5.41, 5.74) is 0.512. The highest BCUT2D eigenvalue weighted by atomic mass is 16.5. The molecule has 0 spiro atoms. The summed E-state index contributed by atoms with van der Waals surface area (Å²) in [6.07, 6.45) is 2.36. The molecule has 0 unspecified atom stereocenters. The van der Waals surface area contributed by atoms with Gasteiger partial charge in [0.2, 0.25) is 0 Å². The topological polar surface area (TPSA) is 67.2 Å². The average Bonchev–Trinajstić information content (AvgIpc) is 2.64. The molecule has 0 saturated heterocycles. The summed E-state index contributed by atoms with van der Waals surface area (Å²) in [4.78, 5) is 11.5. The van der Waals surface area contributed by atoms with E-state index >= 15 is 0 Å². The fourth-order valence-electron chi connectivity index (χ4n) is 1.20. The molecule has 0 aliphatic carbocycles. The van der Waals surface area contributed by atoms with E-state index in [1.807, 2.05) is 0 Å². The van der Waals surface area contributed by atoms with Crippen molar-refractivity contribution in [2.75, 3.05) is 19.6 Å². The third kappa shape index (κ3) is 3.71. The molecule has 0 atom stereocenters. The molecule has 1 aromatic rings. The van der Waals surface area contributed by atoms with Gasteiger partial charge in [-0.05, 0) is 26.4 Å². The van der Waals surface area contributed by atoms with Crippen molar-refractivity contribution in [1.82, 2.24) is 15.8 Å². The SMILES string of the molecule is CCNCCCNC(=O)c1cnoc1C. The molecule has 2 N–H and O–H groups in total. The molecule has 0 aliphatic heterocycles. The van der Waals surface area contributed by atoms with Gasteiger partial charge in [-0.3, -0.25) is 4.79 Å². The zero-order valence-electron chi connectivity index (χ0n) is 9.17. The van der Waals surface area contributed by atoms with E-state index in [0.717, 1.165) is 19.5 Å². The van der Waals surface area contributed by atoms with E-state index < -0.39 is 0 Å². The number of aromatic nitrogens is 1. The Labute approximate surface area is 89.2 Å². The second-order valence-corrected chi connectivity index (χ2v) is 3.26. The first-order chi connectivity index (χ1) is 7.25. The Morgan fingerprint density at radius 3 is 2.93 bits per heavy atom. The molecule has 1 aromatic heterocycles. The number of carbonyl (C=O) groups excluding carboxylic acids is 1. The second-order valence-electron chi connectivity index (χ2n) is 3.26. The molecule has 0 aliphatic rings. The van der Waals surface area contributed by atoms with Crippen LogP contribution >= 0.6 is 0 Å². The van der Waals surface area contributed by atoms with E-state index in [-0.39, 0.29) is 5.91 Å². The van der Waals surface area contributed by atoms with Crippen molar-refractivity contribution in [3.8, 4) is 0 Å². The van der Waals surface area contributed by atoms with Gasteiger partial charge in [-0.25, -0.2) is 0 Å². The van der Waals surface area contributed by atoms with Crippen molar-refractivity contribution in [2.45, 2.75) is 20.3 Å². The lowest BCUT2D eigenvalue weighted by molar-refractivity contribution is 0.0951. The fourth-order valence-corrected chi connectivity index (χ4v) is 1.20. The Hall–Kier alpha value is -1.36. The van der Waals surface area contributed by atoms with Crippen LogP contribution < -0.4 is 10.6 Å². The molecule has 0 saturated carbocycles.